The van der Waals surface area contributed by atoms with E-state index in [-0.39, 0.29) is 17.4 Å². The van der Waals surface area contributed by atoms with Crippen LogP contribution in [-0.4, -0.2) is 12.0 Å². The quantitative estimate of drug-likeness (QED) is 0.125. The number of hydrogen-bond acceptors (Lipinski definition) is 2. The van der Waals surface area contributed by atoms with Crippen LogP contribution in [0.3, 0.4) is 0 Å². The van der Waals surface area contributed by atoms with Crippen LogP contribution in [0.25, 0.3) is 54.6 Å². The molecule has 3 heterocycles. The average molecular weight is 939 g/mol. The topological polar surface area (TPSA) is 6.48 Å². The summed E-state index contributed by atoms with van der Waals surface area (Å²) < 4.78 is 0. The van der Waals surface area contributed by atoms with Crippen molar-refractivity contribution in [1.29, 1.82) is 0 Å². The first kappa shape index (κ1) is 41.7. The number of para-hydroxylation sites is 2. The molecule has 0 saturated heterocycles. The maximum atomic E-state index is 2.71. The van der Waals surface area contributed by atoms with Crippen LogP contribution in [0.2, 0.25) is 0 Å². The van der Waals surface area contributed by atoms with Crippen LogP contribution in [-0.2, 0) is 5.41 Å². The minimum Gasteiger partial charge on any atom is -0.311 e. The van der Waals surface area contributed by atoms with Gasteiger partial charge in [-0.2, -0.15) is 0 Å². The number of hydrogen-bond donors (Lipinski definition) is 0. The fourth-order valence-electron chi connectivity index (χ4n) is 13.1. The number of rotatable bonds is 5. The maximum Gasteiger partial charge on any atom is 0.252 e. The van der Waals surface area contributed by atoms with Crippen LogP contribution in [0.15, 0.2) is 251 Å². The van der Waals surface area contributed by atoms with Gasteiger partial charge in [-0.3, -0.25) is 0 Å². The molecule has 0 fully saturated rings. The van der Waals surface area contributed by atoms with Crippen molar-refractivity contribution in [3.63, 3.8) is 0 Å². The van der Waals surface area contributed by atoms with Crippen LogP contribution < -0.4 is 26.2 Å². The van der Waals surface area contributed by atoms with E-state index in [1.54, 1.807) is 0 Å². The van der Waals surface area contributed by atoms with Gasteiger partial charge in [0, 0.05) is 37.8 Å². The predicted octanol–water partition coefficient (Wildman–Crippen LogP) is 16.8. The van der Waals surface area contributed by atoms with E-state index in [1.165, 1.54) is 125 Å². The first-order chi connectivity index (χ1) is 35.4. The molecule has 2 nitrogen and oxygen atoms in total. The van der Waals surface area contributed by atoms with Crippen molar-refractivity contribution < 1.29 is 0 Å². The molecule has 4 heteroatoms. The Bertz CT molecular complexity index is 4080. The highest BCUT2D eigenvalue weighted by Crippen LogP contribution is 2.79. The molecule has 0 bridgehead atoms. The van der Waals surface area contributed by atoms with Gasteiger partial charge in [0.25, 0.3) is 6.71 Å². The Hall–Kier alpha value is -8.05. The lowest BCUT2D eigenvalue weighted by atomic mass is 9.33. The SMILES string of the molecule is CC(C)(C)c1cccc(N2c3cc(-c4ccccc4)ccc3B3c4cccc5c4N(c4ccccc4S5(c4ccccc4)C4C=CC=CC4)c4cc(-c5ccc6ccc7cccc8ccc5c6c78)cc2c43)c1. The third kappa shape index (κ3) is 5.82. The second kappa shape index (κ2) is 15.5. The molecule has 0 spiro atoms. The zero-order valence-corrected chi connectivity index (χ0v) is 41.5. The Morgan fingerprint density at radius 2 is 1.17 bits per heavy atom. The van der Waals surface area contributed by atoms with Crippen molar-refractivity contribution in [2.24, 2.45) is 0 Å². The Morgan fingerprint density at radius 3 is 1.96 bits per heavy atom. The lowest BCUT2D eigenvalue weighted by Gasteiger charge is -2.56. The summed E-state index contributed by atoms with van der Waals surface area (Å²) in [5, 5.41) is 8.07. The molecule has 0 amide bonds. The van der Waals surface area contributed by atoms with Gasteiger partial charge in [0.05, 0.1) is 11.4 Å². The van der Waals surface area contributed by atoms with Crippen molar-refractivity contribution in [2.45, 2.75) is 52.5 Å². The maximum absolute atomic E-state index is 2.71. The number of allylic oxidation sites excluding steroid dienone is 3. The highest BCUT2D eigenvalue weighted by Gasteiger charge is 2.51. The molecule has 0 saturated carbocycles. The zero-order chi connectivity index (χ0) is 47.9. The van der Waals surface area contributed by atoms with E-state index < -0.39 is 10.0 Å². The zero-order valence-electron chi connectivity index (χ0n) is 40.7. The molecular formula is C68H51BN2S. The lowest BCUT2D eigenvalue weighted by molar-refractivity contribution is 0.590. The van der Waals surface area contributed by atoms with E-state index >= 15 is 0 Å². The van der Waals surface area contributed by atoms with Gasteiger partial charge in [0.15, 0.2) is 0 Å². The van der Waals surface area contributed by atoms with Gasteiger partial charge in [0.1, 0.15) is 0 Å². The average Bonchev–Trinajstić information content (AvgIpc) is 3.43. The second-order valence-corrected chi connectivity index (χ2v) is 24.4. The lowest BCUT2D eigenvalue weighted by Crippen LogP contribution is -2.62. The minimum atomic E-state index is -1.86. The Labute approximate surface area is 424 Å². The third-order valence-corrected chi connectivity index (χ3v) is 20.6. The molecule has 3 aliphatic heterocycles. The second-order valence-electron chi connectivity index (χ2n) is 21.2. The summed E-state index contributed by atoms with van der Waals surface area (Å²) in [6, 6.07) is 81.8. The molecular weight excluding hydrogens is 888 g/mol. The van der Waals surface area contributed by atoms with E-state index in [1.807, 2.05) is 0 Å². The highest BCUT2D eigenvalue weighted by atomic mass is 32.3. The summed E-state index contributed by atoms with van der Waals surface area (Å²) in [7, 11) is -1.86. The molecule has 0 radical (unpaired) electrons. The van der Waals surface area contributed by atoms with Crippen molar-refractivity contribution in [2.75, 3.05) is 9.80 Å². The number of benzene rings is 11. The first-order valence-electron chi connectivity index (χ1n) is 25.5. The smallest absolute Gasteiger partial charge is 0.252 e. The van der Waals surface area contributed by atoms with Gasteiger partial charge < -0.3 is 9.80 Å². The van der Waals surface area contributed by atoms with Gasteiger partial charge >= 0.3 is 0 Å². The van der Waals surface area contributed by atoms with Crippen LogP contribution in [0.5, 0.6) is 0 Å². The summed E-state index contributed by atoms with van der Waals surface area (Å²) in [6.07, 6.45) is 10.4. The van der Waals surface area contributed by atoms with Crippen LogP contribution in [0.1, 0.15) is 32.8 Å². The largest absolute Gasteiger partial charge is 0.311 e. The summed E-state index contributed by atoms with van der Waals surface area (Å²) in [6.45, 7) is 6.96. The van der Waals surface area contributed by atoms with E-state index in [4.69, 9.17) is 0 Å². The third-order valence-electron chi connectivity index (χ3n) is 16.3. The summed E-state index contributed by atoms with van der Waals surface area (Å²) in [5.74, 6) is 0. The van der Waals surface area contributed by atoms with E-state index in [0.29, 0.717) is 0 Å². The first-order valence-corrected chi connectivity index (χ1v) is 27.2. The van der Waals surface area contributed by atoms with E-state index in [2.05, 4.69) is 267 Å². The van der Waals surface area contributed by atoms with Gasteiger partial charge in [-0.05, 0) is 154 Å². The van der Waals surface area contributed by atoms with E-state index in [9.17, 15) is 0 Å². The molecule has 4 aliphatic rings. The van der Waals surface area contributed by atoms with Crippen LogP contribution >= 0.6 is 10.0 Å². The predicted molar refractivity (Wildman–Crippen MR) is 309 cm³/mol. The normalized spacial score (nSPS) is 18.2. The Morgan fingerprint density at radius 1 is 0.486 bits per heavy atom. The molecule has 0 N–H and O–H groups in total. The number of fused-ring (bicyclic) bond motifs is 6. The molecule has 2 unspecified atom stereocenters. The monoisotopic (exact) mass is 938 g/mol. The van der Waals surface area contributed by atoms with Crippen LogP contribution in [0.4, 0.5) is 34.1 Å². The van der Waals surface area contributed by atoms with E-state index in [0.717, 1.165) is 6.42 Å². The number of nitrogens with zero attached hydrogens (tertiary/aromatic N) is 2. The summed E-state index contributed by atoms with van der Waals surface area (Å²) in [5.41, 5.74) is 17.7. The summed E-state index contributed by atoms with van der Waals surface area (Å²) in [4.78, 5) is 9.60. The van der Waals surface area contributed by atoms with Crippen molar-refractivity contribution >= 4 is 99.6 Å². The van der Waals surface area contributed by atoms with Crippen molar-refractivity contribution in [3.05, 3.63) is 242 Å². The Kier molecular flexibility index (Phi) is 8.97. The minimum absolute atomic E-state index is 0.0293. The molecule has 11 aromatic carbocycles. The van der Waals surface area contributed by atoms with Gasteiger partial charge in [-0.15, -0.1) is 10.0 Å². The van der Waals surface area contributed by atoms with Gasteiger partial charge in [-0.25, -0.2) is 0 Å². The molecule has 1 aliphatic carbocycles. The molecule has 72 heavy (non-hydrogen) atoms. The number of anilines is 6. The molecule has 11 aromatic rings. The van der Waals surface area contributed by atoms with Crippen molar-refractivity contribution in [3.8, 4) is 22.3 Å². The molecule has 0 aromatic heterocycles. The standard InChI is InChI=1S/C68H51BN2S/c1-68(2,3)50-22-16-23-51(43-50)70-59-40-48(44-18-7-4-8-19-44)36-39-56(59)69-57-28-17-31-63-67(57)71(58-29-13-14-30-62(58)72(63,52-24-9-5-10-25-52)53-26-11-6-12-27-53)61-42-49(41-60(70)66(61)69)54-37-34-47-33-32-45-20-15-21-46-35-38-55(54)65(47)64(45)46/h4-26,28-43,53H,27H2,1-3H3. The summed E-state index contributed by atoms with van der Waals surface area (Å²) >= 11 is 0. The molecule has 15 rings (SSSR count). The van der Waals surface area contributed by atoms with Gasteiger partial charge in [-0.1, -0.05) is 197 Å². The van der Waals surface area contributed by atoms with Crippen molar-refractivity contribution in [1.82, 2.24) is 0 Å². The molecule has 342 valence electrons. The Balaban J connectivity index is 1.09. The fourth-order valence-corrected chi connectivity index (χ4v) is 17.8. The highest BCUT2D eigenvalue weighted by molar-refractivity contribution is 8.34. The van der Waals surface area contributed by atoms with Crippen LogP contribution in [0, 0.1) is 0 Å². The fraction of sp³-hybridized carbons (Fsp3) is 0.0882. The van der Waals surface area contributed by atoms with Gasteiger partial charge in [0.2, 0.25) is 0 Å². The molecule has 2 atom stereocenters.